The average Bonchev–Trinajstić information content (AvgIpc) is 3.29. The zero-order valence-corrected chi connectivity index (χ0v) is 21.1. The number of aromatic nitrogens is 1. The van der Waals surface area contributed by atoms with Crippen LogP contribution in [0.3, 0.4) is 0 Å². The smallest absolute Gasteiger partial charge is 0.243 e. The zero-order valence-electron chi connectivity index (χ0n) is 19.4. The van der Waals surface area contributed by atoms with Crippen molar-refractivity contribution in [3.8, 4) is 17.0 Å². The molecule has 0 bridgehead atoms. The molecule has 2 saturated heterocycles. The fraction of sp³-hybridized carbons (Fsp3) is 0.360. The van der Waals surface area contributed by atoms with Crippen LogP contribution in [0.2, 0.25) is 0 Å². The monoisotopic (exact) mass is 515 g/mol. The number of hydrogen-bond acceptors (Lipinski definition) is 7. The third-order valence-electron chi connectivity index (χ3n) is 7.06. The molecule has 2 fully saturated rings. The summed E-state index contributed by atoms with van der Waals surface area (Å²) in [5.74, 6) is -1.28. The lowest BCUT2D eigenvalue weighted by atomic mass is 9.80. The molecule has 7 nitrogen and oxygen atoms in total. The number of rotatable bonds is 4. The topological polar surface area (TPSA) is 90.8 Å². The lowest BCUT2D eigenvalue weighted by Gasteiger charge is -2.46. The number of thiazole rings is 1. The van der Waals surface area contributed by atoms with Crippen molar-refractivity contribution in [3.05, 3.63) is 64.2 Å². The van der Waals surface area contributed by atoms with E-state index in [0.29, 0.717) is 31.5 Å². The second-order valence-corrected chi connectivity index (χ2v) is 12.2. The number of phenols is 1. The quantitative estimate of drug-likeness (QED) is 0.563. The Morgan fingerprint density at radius 1 is 1.26 bits per heavy atom. The molecule has 0 amide bonds. The van der Waals surface area contributed by atoms with Crippen LogP contribution < -0.4 is 4.31 Å². The highest BCUT2D eigenvalue weighted by Gasteiger charge is 2.58. The standard InChI is InChI=1S/C25H26FN3O4S2/c1-16-12-25(23(31)14-35(32,33)29(25)20-5-3-4-19(26)11-20)8-9-28(16)13-18-6-7-22(30)21(10-18)24-17(2)34-15-27-24/h3-7,10-11,15-16,30H,8-9,12-14H2,1-2H3/t16-,25+/m0/s1. The van der Waals surface area contributed by atoms with Gasteiger partial charge in [0.2, 0.25) is 10.0 Å². The molecule has 0 saturated carbocycles. The van der Waals surface area contributed by atoms with Crippen molar-refractivity contribution in [1.29, 1.82) is 0 Å². The normalized spacial score (nSPS) is 24.4. The Bertz CT molecular complexity index is 1410. The highest BCUT2D eigenvalue weighted by atomic mass is 32.2. The van der Waals surface area contributed by atoms with E-state index in [-0.39, 0.29) is 23.3 Å². The molecule has 5 rings (SSSR count). The van der Waals surface area contributed by atoms with Gasteiger partial charge < -0.3 is 5.11 Å². The number of benzene rings is 2. The van der Waals surface area contributed by atoms with Crippen LogP contribution in [0, 0.1) is 12.7 Å². The molecule has 1 N–H and O–H groups in total. The van der Waals surface area contributed by atoms with E-state index >= 15 is 0 Å². The van der Waals surface area contributed by atoms with Gasteiger partial charge in [-0.3, -0.25) is 14.0 Å². The Morgan fingerprint density at radius 2 is 2.06 bits per heavy atom. The van der Waals surface area contributed by atoms with Gasteiger partial charge in [-0.05, 0) is 62.6 Å². The van der Waals surface area contributed by atoms with Gasteiger partial charge in [0.25, 0.3) is 0 Å². The molecule has 2 aliphatic heterocycles. The van der Waals surface area contributed by atoms with E-state index in [4.69, 9.17) is 0 Å². The lowest BCUT2D eigenvalue weighted by molar-refractivity contribution is -0.123. The minimum absolute atomic E-state index is 0.102. The van der Waals surface area contributed by atoms with Crippen LogP contribution in [0.5, 0.6) is 5.75 Å². The summed E-state index contributed by atoms with van der Waals surface area (Å²) >= 11 is 1.52. The summed E-state index contributed by atoms with van der Waals surface area (Å²) in [6.45, 7) is 5.02. The van der Waals surface area contributed by atoms with Crippen molar-refractivity contribution in [2.24, 2.45) is 0 Å². The van der Waals surface area contributed by atoms with Crippen LogP contribution in [-0.2, 0) is 21.4 Å². The molecule has 1 spiro atoms. The summed E-state index contributed by atoms with van der Waals surface area (Å²) in [7, 11) is -3.89. The second-order valence-electron chi connectivity index (χ2n) is 9.34. The number of carbonyl (C=O) groups excluding carboxylic acids is 1. The number of hydrogen-bond donors (Lipinski definition) is 1. The lowest BCUT2D eigenvalue weighted by Crippen LogP contribution is -2.59. The number of aryl methyl sites for hydroxylation is 1. The van der Waals surface area contributed by atoms with Crippen LogP contribution in [-0.4, -0.2) is 53.1 Å². The Hall–Kier alpha value is -2.82. The number of anilines is 1. The van der Waals surface area contributed by atoms with Crippen molar-refractivity contribution < 1.29 is 22.7 Å². The Kier molecular flexibility index (Phi) is 5.93. The van der Waals surface area contributed by atoms with Gasteiger partial charge in [0.05, 0.1) is 16.9 Å². The predicted octanol–water partition coefficient (Wildman–Crippen LogP) is 4.11. The maximum Gasteiger partial charge on any atom is 0.243 e. The number of halogens is 1. The molecule has 2 atom stereocenters. The number of carbonyl (C=O) groups is 1. The molecule has 10 heteroatoms. The Morgan fingerprint density at radius 3 is 2.74 bits per heavy atom. The Balaban J connectivity index is 1.41. The van der Waals surface area contributed by atoms with Crippen LogP contribution in [0.25, 0.3) is 11.3 Å². The van der Waals surface area contributed by atoms with Crippen molar-refractivity contribution in [2.45, 2.75) is 44.8 Å². The zero-order chi connectivity index (χ0) is 25.0. The molecule has 3 aromatic rings. The number of ketones is 1. The minimum Gasteiger partial charge on any atom is -0.507 e. The molecule has 0 radical (unpaired) electrons. The van der Waals surface area contributed by atoms with Crippen LogP contribution in [0.1, 0.15) is 30.2 Å². The number of nitrogens with zero attached hydrogens (tertiary/aromatic N) is 3. The fourth-order valence-electron chi connectivity index (χ4n) is 5.37. The fourth-order valence-corrected chi connectivity index (χ4v) is 7.92. The van der Waals surface area contributed by atoms with E-state index in [2.05, 4.69) is 9.88 Å². The summed E-state index contributed by atoms with van der Waals surface area (Å²) in [5.41, 5.74) is 3.16. The van der Waals surface area contributed by atoms with E-state index < -0.39 is 27.1 Å². The molecular weight excluding hydrogens is 489 g/mol. The molecule has 0 aliphatic carbocycles. The molecule has 184 valence electrons. The summed E-state index contributed by atoms with van der Waals surface area (Å²) in [6.07, 6.45) is 0.639. The molecule has 0 unspecified atom stereocenters. The number of sulfonamides is 1. The van der Waals surface area contributed by atoms with Crippen molar-refractivity contribution in [2.75, 3.05) is 16.6 Å². The molecular formula is C25H26FN3O4S2. The highest BCUT2D eigenvalue weighted by Crippen LogP contribution is 2.44. The largest absolute Gasteiger partial charge is 0.507 e. The van der Waals surface area contributed by atoms with Crippen LogP contribution in [0.4, 0.5) is 10.1 Å². The first kappa shape index (κ1) is 23.9. The molecule has 3 heterocycles. The van der Waals surface area contributed by atoms with E-state index in [1.165, 1.54) is 39.9 Å². The summed E-state index contributed by atoms with van der Waals surface area (Å²) in [5, 5.41) is 10.4. The van der Waals surface area contributed by atoms with Crippen molar-refractivity contribution in [1.82, 2.24) is 9.88 Å². The van der Waals surface area contributed by atoms with Gasteiger partial charge >= 0.3 is 0 Å². The van der Waals surface area contributed by atoms with Gasteiger partial charge in [-0.15, -0.1) is 11.3 Å². The third kappa shape index (κ3) is 4.13. The molecule has 35 heavy (non-hydrogen) atoms. The predicted molar refractivity (Wildman–Crippen MR) is 133 cm³/mol. The number of piperidine rings is 1. The number of phenolic OH excluding ortho intramolecular Hbond substituents is 1. The molecule has 2 aliphatic rings. The van der Waals surface area contributed by atoms with Gasteiger partial charge in [-0.25, -0.2) is 17.8 Å². The maximum absolute atomic E-state index is 14.0. The Labute approximate surface area is 207 Å². The van der Waals surface area contributed by atoms with Crippen LogP contribution in [0.15, 0.2) is 48.0 Å². The summed E-state index contributed by atoms with van der Waals surface area (Å²) in [4.78, 5) is 20.7. The second kappa shape index (κ2) is 8.69. The molecule has 2 aromatic carbocycles. The first-order valence-electron chi connectivity index (χ1n) is 11.4. The van der Waals surface area contributed by atoms with Gasteiger partial charge in [-0.2, -0.15) is 0 Å². The van der Waals surface area contributed by atoms with E-state index in [9.17, 15) is 22.7 Å². The molecule has 1 aromatic heterocycles. The first-order valence-corrected chi connectivity index (χ1v) is 13.9. The van der Waals surface area contributed by atoms with E-state index in [1.807, 2.05) is 26.0 Å². The van der Waals surface area contributed by atoms with E-state index in [0.717, 1.165) is 16.1 Å². The number of aromatic hydroxyl groups is 1. The summed E-state index contributed by atoms with van der Waals surface area (Å²) < 4.78 is 41.1. The average molecular weight is 516 g/mol. The van der Waals surface area contributed by atoms with Crippen molar-refractivity contribution in [3.63, 3.8) is 0 Å². The van der Waals surface area contributed by atoms with E-state index in [1.54, 1.807) is 11.6 Å². The third-order valence-corrected chi connectivity index (χ3v) is 9.56. The number of likely N-dealkylation sites (tertiary alicyclic amines) is 1. The SMILES string of the molecule is Cc1scnc1-c1cc(CN2CC[C@@]3(C[C@@H]2C)C(=O)CS(=O)(=O)N3c2cccc(F)c2)ccc1O. The van der Waals surface area contributed by atoms with Gasteiger partial charge in [0.1, 0.15) is 22.9 Å². The van der Waals surface area contributed by atoms with Gasteiger partial charge in [0.15, 0.2) is 5.78 Å². The maximum atomic E-state index is 14.0. The number of Topliss-reactive ketones (excluding diaryl/α,β-unsaturated/α-hetero) is 1. The van der Waals surface area contributed by atoms with Crippen molar-refractivity contribution >= 4 is 32.8 Å². The van der Waals surface area contributed by atoms with Crippen LogP contribution >= 0.6 is 11.3 Å². The highest BCUT2D eigenvalue weighted by molar-refractivity contribution is 7.94. The van der Waals surface area contributed by atoms with Gasteiger partial charge in [-0.1, -0.05) is 12.1 Å². The summed E-state index contributed by atoms with van der Waals surface area (Å²) in [6, 6.07) is 10.8. The van der Waals surface area contributed by atoms with Gasteiger partial charge in [0, 0.05) is 29.6 Å². The minimum atomic E-state index is -3.89. The first-order chi connectivity index (χ1) is 16.6.